The molecule has 0 bridgehead atoms. The summed E-state index contributed by atoms with van der Waals surface area (Å²) in [5.74, 6) is -4.90. The standard InChI is InChI=1S/C13H12F5N3/c1-19-11(12(14,15)13(16,17)18)9-7-20-21(8-9)10-5-3-2-4-6-10/h2-8,11,19H,1H3. The summed E-state index contributed by atoms with van der Waals surface area (Å²) < 4.78 is 65.6. The lowest BCUT2D eigenvalue weighted by molar-refractivity contribution is -0.293. The Morgan fingerprint density at radius 3 is 2.24 bits per heavy atom. The van der Waals surface area contributed by atoms with Crippen LogP contribution in [0.2, 0.25) is 0 Å². The van der Waals surface area contributed by atoms with E-state index in [0.29, 0.717) is 5.69 Å². The number of alkyl halides is 5. The van der Waals surface area contributed by atoms with Crippen molar-refractivity contribution in [3.63, 3.8) is 0 Å². The second kappa shape index (κ2) is 5.44. The van der Waals surface area contributed by atoms with Crippen LogP contribution in [0.5, 0.6) is 0 Å². The molecule has 0 saturated carbocycles. The maximum absolute atomic E-state index is 13.5. The first-order valence-electron chi connectivity index (χ1n) is 5.99. The SMILES string of the molecule is CNC(c1cnn(-c2ccccc2)c1)C(F)(F)C(F)(F)F. The molecule has 1 N–H and O–H groups in total. The summed E-state index contributed by atoms with van der Waals surface area (Å²) in [6.07, 6.45) is -3.50. The molecule has 0 spiro atoms. The van der Waals surface area contributed by atoms with Crippen molar-refractivity contribution in [3.05, 3.63) is 48.3 Å². The number of nitrogens with one attached hydrogen (secondary N) is 1. The minimum absolute atomic E-state index is 0.247. The van der Waals surface area contributed by atoms with Gasteiger partial charge in [-0.05, 0) is 19.2 Å². The van der Waals surface area contributed by atoms with Crippen molar-refractivity contribution >= 4 is 0 Å². The van der Waals surface area contributed by atoms with Crippen LogP contribution in [0.15, 0.2) is 42.7 Å². The fourth-order valence-electron chi connectivity index (χ4n) is 1.93. The number of rotatable bonds is 4. The smallest absolute Gasteiger partial charge is 0.308 e. The third kappa shape index (κ3) is 2.90. The predicted octanol–water partition coefficient (Wildman–Crippen LogP) is 3.33. The van der Waals surface area contributed by atoms with Crippen LogP contribution in [0.25, 0.3) is 5.69 Å². The van der Waals surface area contributed by atoms with Crippen LogP contribution in [0.3, 0.4) is 0 Å². The highest BCUT2D eigenvalue weighted by Gasteiger charge is 2.62. The minimum atomic E-state index is -5.64. The highest BCUT2D eigenvalue weighted by molar-refractivity contribution is 5.31. The molecule has 0 aliphatic rings. The van der Waals surface area contributed by atoms with E-state index in [9.17, 15) is 22.0 Å². The number of para-hydroxylation sites is 1. The van der Waals surface area contributed by atoms with E-state index in [4.69, 9.17) is 0 Å². The van der Waals surface area contributed by atoms with Crippen molar-refractivity contribution in [2.75, 3.05) is 7.05 Å². The first-order valence-corrected chi connectivity index (χ1v) is 5.99. The zero-order valence-corrected chi connectivity index (χ0v) is 10.9. The molecule has 2 aromatic rings. The van der Waals surface area contributed by atoms with E-state index in [1.165, 1.54) is 4.68 Å². The van der Waals surface area contributed by atoms with E-state index in [0.717, 1.165) is 19.4 Å². The van der Waals surface area contributed by atoms with Crippen molar-refractivity contribution < 1.29 is 22.0 Å². The van der Waals surface area contributed by atoms with Gasteiger partial charge in [-0.25, -0.2) is 4.68 Å². The van der Waals surface area contributed by atoms with Gasteiger partial charge in [0.2, 0.25) is 0 Å². The molecule has 1 unspecified atom stereocenters. The molecule has 0 radical (unpaired) electrons. The Balaban J connectivity index is 2.35. The molecule has 1 aromatic heterocycles. The monoisotopic (exact) mass is 305 g/mol. The predicted molar refractivity (Wildman–Crippen MR) is 66.4 cm³/mol. The highest BCUT2D eigenvalue weighted by atomic mass is 19.4. The minimum Gasteiger partial charge on any atom is -0.308 e. The van der Waals surface area contributed by atoms with Crippen molar-refractivity contribution in [2.24, 2.45) is 0 Å². The fourth-order valence-corrected chi connectivity index (χ4v) is 1.93. The average molecular weight is 305 g/mol. The van der Waals surface area contributed by atoms with Crippen molar-refractivity contribution in [1.29, 1.82) is 0 Å². The van der Waals surface area contributed by atoms with E-state index < -0.39 is 18.1 Å². The number of hydrogen-bond donors (Lipinski definition) is 1. The van der Waals surface area contributed by atoms with E-state index >= 15 is 0 Å². The first-order chi connectivity index (χ1) is 9.77. The van der Waals surface area contributed by atoms with Gasteiger partial charge in [-0.1, -0.05) is 18.2 Å². The van der Waals surface area contributed by atoms with Crippen LogP contribution in [-0.4, -0.2) is 28.9 Å². The Morgan fingerprint density at radius 1 is 1.10 bits per heavy atom. The topological polar surface area (TPSA) is 29.9 Å². The van der Waals surface area contributed by atoms with Gasteiger partial charge >= 0.3 is 12.1 Å². The Labute approximate surface area is 117 Å². The normalized spacial score (nSPS) is 14.2. The van der Waals surface area contributed by atoms with Gasteiger partial charge in [-0.15, -0.1) is 0 Å². The molecule has 0 saturated heterocycles. The van der Waals surface area contributed by atoms with Gasteiger partial charge in [-0.2, -0.15) is 27.1 Å². The Bertz CT molecular complexity index is 591. The van der Waals surface area contributed by atoms with Crippen LogP contribution >= 0.6 is 0 Å². The van der Waals surface area contributed by atoms with E-state index in [1.807, 2.05) is 5.32 Å². The Morgan fingerprint density at radius 2 is 1.71 bits per heavy atom. The van der Waals surface area contributed by atoms with Gasteiger partial charge in [0.1, 0.15) is 6.04 Å². The molecule has 3 nitrogen and oxygen atoms in total. The van der Waals surface area contributed by atoms with Gasteiger partial charge < -0.3 is 5.32 Å². The summed E-state index contributed by atoms with van der Waals surface area (Å²) in [6.45, 7) is 0. The lowest BCUT2D eigenvalue weighted by atomic mass is 10.0. The molecule has 2 rings (SSSR count). The maximum Gasteiger partial charge on any atom is 0.455 e. The van der Waals surface area contributed by atoms with Gasteiger partial charge in [0.25, 0.3) is 0 Å². The molecule has 1 heterocycles. The molecule has 114 valence electrons. The number of nitrogens with zero attached hydrogens (tertiary/aromatic N) is 2. The van der Waals surface area contributed by atoms with Crippen LogP contribution < -0.4 is 5.32 Å². The lowest BCUT2D eigenvalue weighted by Crippen LogP contribution is -2.46. The first kappa shape index (κ1) is 15.4. The number of benzene rings is 1. The van der Waals surface area contributed by atoms with Gasteiger partial charge in [0, 0.05) is 11.8 Å². The molecule has 1 atom stereocenters. The number of hydrogen-bond acceptors (Lipinski definition) is 2. The summed E-state index contributed by atoms with van der Waals surface area (Å²) in [6, 6.07) is 6.28. The van der Waals surface area contributed by atoms with Gasteiger partial charge in [0.05, 0.1) is 11.9 Å². The van der Waals surface area contributed by atoms with E-state index in [-0.39, 0.29) is 5.56 Å². The molecule has 0 aliphatic heterocycles. The average Bonchev–Trinajstić information content (AvgIpc) is 2.88. The molecule has 0 fully saturated rings. The van der Waals surface area contributed by atoms with Crippen molar-refractivity contribution in [2.45, 2.75) is 18.1 Å². The lowest BCUT2D eigenvalue weighted by Gasteiger charge is -2.27. The Hall–Kier alpha value is -1.96. The van der Waals surface area contributed by atoms with E-state index in [2.05, 4.69) is 5.10 Å². The molecule has 8 heteroatoms. The number of aromatic nitrogens is 2. The zero-order chi connectivity index (χ0) is 15.7. The quantitative estimate of drug-likeness (QED) is 0.878. The molecular formula is C13H12F5N3. The van der Waals surface area contributed by atoms with Crippen molar-refractivity contribution in [3.8, 4) is 5.69 Å². The van der Waals surface area contributed by atoms with Crippen molar-refractivity contribution in [1.82, 2.24) is 15.1 Å². The van der Waals surface area contributed by atoms with Crippen LogP contribution in [0.1, 0.15) is 11.6 Å². The van der Waals surface area contributed by atoms with Gasteiger partial charge in [0.15, 0.2) is 0 Å². The summed E-state index contributed by atoms with van der Waals surface area (Å²) in [5, 5.41) is 5.83. The molecule has 0 amide bonds. The molecule has 1 aromatic carbocycles. The third-order valence-electron chi connectivity index (χ3n) is 2.99. The maximum atomic E-state index is 13.5. The third-order valence-corrected chi connectivity index (χ3v) is 2.99. The fraction of sp³-hybridized carbons (Fsp3) is 0.308. The van der Waals surface area contributed by atoms with Crippen LogP contribution in [0, 0.1) is 0 Å². The Kier molecular flexibility index (Phi) is 3.99. The molecular weight excluding hydrogens is 293 g/mol. The van der Waals surface area contributed by atoms with Crippen LogP contribution in [-0.2, 0) is 0 Å². The molecule has 21 heavy (non-hydrogen) atoms. The van der Waals surface area contributed by atoms with E-state index in [1.54, 1.807) is 30.3 Å². The second-order valence-corrected chi connectivity index (χ2v) is 4.40. The van der Waals surface area contributed by atoms with Gasteiger partial charge in [-0.3, -0.25) is 0 Å². The molecule has 0 aliphatic carbocycles. The summed E-state index contributed by atoms with van der Waals surface area (Å²) in [4.78, 5) is 0. The summed E-state index contributed by atoms with van der Waals surface area (Å²) in [7, 11) is 1.05. The summed E-state index contributed by atoms with van der Waals surface area (Å²) >= 11 is 0. The largest absolute Gasteiger partial charge is 0.455 e. The second-order valence-electron chi connectivity index (χ2n) is 4.40. The summed E-state index contributed by atoms with van der Waals surface area (Å²) in [5.41, 5.74) is 0.317. The highest BCUT2D eigenvalue weighted by Crippen LogP contribution is 2.44. The van der Waals surface area contributed by atoms with Crippen LogP contribution in [0.4, 0.5) is 22.0 Å². The number of halogens is 5. The zero-order valence-electron chi connectivity index (χ0n) is 10.9.